The van der Waals surface area contributed by atoms with Crippen molar-refractivity contribution in [3.05, 3.63) is 75.7 Å². The van der Waals surface area contributed by atoms with E-state index in [1.807, 2.05) is 0 Å². The Hall–Kier alpha value is -3.18. The van der Waals surface area contributed by atoms with Gasteiger partial charge in [-0.05, 0) is 42.5 Å². The van der Waals surface area contributed by atoms with Gasteiger partial charge in [0.15, 0.2) is 0 Å². The Morgan fingerprint density at radius 2 is 1.84 bits per heavy atom. The van der Waals surface area contributed by atoms with Gasteiger partial charge < -0.3 is 9.72 Å². The van der Waals surface area contributed by atoms with Crippen molar-refractivity contribution in [2.75, 3.05) is 13.7 Å². The molecule has 4 rings (SSSR count). The fraction of sp³-hybridized carbons (Fsp3) is 0.238. The molecule has 0 atom stereocenters. The highest BCUT2D eigenvalue weighted by Gasteiger charge is 2.34. The van der Waals surface area contributed by atoms with Crippen LogP contribution in [-0.4, -0.2) is 36.3 Å². The van der Waals surface area contributed by atoms with Gasteiger partial charge in [0.05, 0.1) is 28.8 Å². The van der Waals surface area contributed by atoms with E-state index in [4.69, 9.17) is 4.74 Å². The molecule has 1 aliphatic rings. The number of rotatable bonds is 4. The first kappa shape index (κ1) is 22.0. The van der Waals surface area contributed by atoms with Crippen molar-refractivity contribution >= 4 is 10.0 Å². The molecule has 1 aromatic heterocycles. The second-order valence-corrected chi connectivity index (χ2v) is 9.12. The Morgan fingerprint density at radius 3 is 2.50 bits per heavy atom. The third kappa shape index (κ3) is 4.13. The maximum Gasteiger partial charge on any atom is 0.416 e. The van der Waals surface area contributed by atoms with Crippen LogP contribution in [0.5, 0.6) is 5.75 Å². The van der Waals surface area contributed by atoms with Gasteiger partial charge in [-0.2, -0.15) is 17.5 Å². The third-order valence-electron chi connectivity index (χ3n) is 5.20. The Balaban J connectivity index is 1.64. The second-order valence-electron chi connectivity index (χ2n) is 7.18. The van der Waals surface area contributed by atoms with Gasteiger partial charge in [-0.25, -0.2) is 13.4 Å². The van der Waals surface area contributed by atoms with Crippen LogP contribution >= 0.6 is 0 Å². The number of aromatic nitrogens is 2. The van der Waals surface area contributed by atoms with Crippen LogP contribution in [0.3, 0.4) is 0 Å². The molecule has 0 bridgehead atoms. The molecule has 2 heterocycles. The van der Waals surface area contributed by atoms with E-state index < -0.39 is 32.2 Å². The van der Waals surface area contributed by atoms with Gasteiger partial charge in [-0.15, -0.1) is 0 Å². The average molecular weight is 465 g/mol. The molecule has 0 saturated carbocycles. The minimum Gasteiger partial charge on any atom is -0.497 e. The molecule has 0 saturated heterocycles. The highest BCUT2D eigenvalue weighted by molar-refractivity contribution is 7.89. The highest BCUT2D eigenvalue weighted by atomic mass is 32.2. The summed E-state index contributed by atoms with van der Waals surface area (Å²) in [6.07, 6.45) is -4.51. The Labute approximate surface area is 181 Å². The summed E-state index contributed by atoms with van der Waals surface area (Å²) in [5, 5.41) is 0. The highest BCUT2D eigenvalue weighted by Crippen LogP contribution is 2.32. The molecule has 7 nitrogen and oxygen atoms in total. The number of hydrogen-bond donors (Lipinski definition) is 1. The lowest BCUT2D eigenvalue weighted by atomic mass is 10.1. The van der Waals surface area contributed by atoms with Crippen molar-refractivity contribution in [3.63, 3.8) is 0 Å². The Bertz CT molecular complexity index is 1320. The molecule has 0 unspecified atom stereocenters. The number of ether oxygens (including phenoxy) is 1. The topological polar surface area (TPSA) is 92.4 Å². The van der Waals surface area contributed by atoms with Crippen LogP contribution in [0.15, 0.2) is 58.2 Å². The number of hydrogen-bond acceptors (Lipinski definition) is 5. The monoisotopic (exact) mass is 465 g/mol. The number of aromatic amines is 1. The summed E-state index contributed by atoms with van der Waals surface area (Å²) in [6, 6.07) is 10.5. The van der Waals surface area contributed by atoms with E-state index in [0.717, 1.165) is 22.5 Å². The zero-order valence-corrected chi connectivity index (χ0v) is 17.6. The standard InChI is InChI=1S/C21H18F3N3O4S/c1-31-15-7-5-13(6-8-15)19-25-18-9-10-27(12-17(18)20(28)26-19)32(29,30)16-4-2-3-14(11-16)21(22,23)24/h2-8,11H,9-10,12H2,1H3,(H,25,26,28). The summed E-state index contributed by atoms with van der Waals surface area (Å²) < 4.78 is 71.0. The van der Waals surface area contributed by atoms with Gasteiger partial charge >= 0.3 is 6.18 Å². The van der Waals surface area contributed by atoms with Gasteiger partial charge in [0.2, 0.25) is 10.0 Å². The first-order chi connectivity index (χ1) is 15.1. The number of fused-ring (bicyclic) bond motifs is 1. The lowest BCUT2D eigenvalue weighted by Crippen LogP contribution is -2.39. The van der Waals surface area contributed by atoms with E-state index in [1.54, 1.807) is 24.3 Å². The van der Waals surface area contributed by atoms with Crippen LogP contribution in [-0.2, 0) is 29.2 Å². The van der Waals surface area contributed by atoms with Crippen molar-refractivity contribution in [1.82, 2.24) is 14.3 Å². The van der Waals surface area contributed by atoms with Crippen molar-refractivity contribution in [1.29, 1.82) is 0 Å². The maximum atomic E-state index is 13.0. The molecule has 3 aromatic rings. The van der Waals surface area contributed by atoms with Gasteiger partial charge in [-0.3, -0.25) is 4.79 Å². The first-order valence-electron chi connectivity index (χ1n) is 9.53. The van der Waals surface area contributed by atoms with Gasteiger partial charge in [-0.1, -0.05) is 6.07 Å². The normalized spacial score (nSPS) is 14.8. The molecular formula is C21H18F3N3O4S. The zero-order valence-electron chi connectivity index (χ0n) is 16.8. The van der Waals surface area contributed by atoms with Gasteiger partial charge in [0, 0.05) is 25.1 Å². The number of benzene rings is 2. The zero-order chi connectivity index (χ0) is 23.1. The van der Waals surface area contributed by atoms with Crippen molar-refractivity contribution in [2.24, 2.45) is 0 Å². The van der Waals surface area contributed by atoms with Crippen molar-refractivity contribution in [2.45, 2.75) is 24.0 Å². The quantitative estimate of drug-likeness (QED) is 0.639. The number of nitrogens with zero attached hydrogens (tertiary/aromatic N) is 2. The fourth-order valence-corrected chi connectivity index (χ4v) is 4.93. The summed E-state index contributed by atoms with van der Waals surface area (Å²) in [6.45, 7) is -0.288. The number of methoxy groups -OCH3 is 1. The molecule has 0 fully saturated rings. The van der Waals surface area contributed by atoms with Crippen LogP contribution in [0.1, 0.15) is 16.8 Å². The first-order valence-corrected chi connectivity index (χ1v) is 11.0. The van der Waals surface area contributed by atoms with Crippen LogP contribution in [0.4, 0.5) is 13.2 Å². The number of alkyl halides is 3. The van der Waals surface area contributed by atoms with E-state index in [-0.39, 0.29) is 25.1 Å². The number of sulfonamides is 1. The molecular weight excluding hydrogens is 447 g/mol. The molecule has 2 aromatic carbocycles. The van der Waals surface area contributed by atoms with Crippen LogP contribution in [0.25, 0.3) is 11.4 Å². The summed E-state index contributed by atoms with van der Waals surface area (Å²) in [5.74, 6) is 0.982. The summed E-state index contributed by atoms with van der Waals surface area (Å²) >= 11 is 0. The average Bonchev–Trinajstić information content (AvgIpc) is 2.78. The van der Waals surface area contributed by atoms with E-state index >= 15 is 0 Å². The minimum atomic E-state index is -4.67. The molecule has 0 spiro atoms. The lowest BCUT2D eigenvalue weighted by Gasteiger charge is -2.27. The van der Waals surface area contributed by atoms with Crippen LogP contribution in [0.2, 0.25) is 0 Å². The molecule has 0 amide bonds. The number of halogens is 3. The smallest absolute Gasteiger partial charge is 0.416 e. The molecule has 0 radical (unpaired) electrons. The molecule has 1 aliphatic heterocycles. The molecule has 1 N–H and O–H groups in total. The van der Waals surface area contributed by atoms with E-state index in [9.17, 15) is 26.4 Å². The largest absolute Gasteiger partial charge is 0.497 e. The molecule has 32 heavy (non-hydrogen) atoms. The predicted octanol–water partition coefficient (Wildman–Crippen LogP) is 3.21. The Kier molecular flexibility index (Phi) is 5.55. The second kappa shape index (κ2) is 8.06. The minimum absolute atomic E-state index is 0.00984. The predicted molar refractivity (Wildman–Crippen MR) is 110 cm³/mol. The fourth-order valence-electron chi connectivity index (χ4n) is 3.47. The van der Waals surface area contributed by atoms with Gasteiger partial charge in [0.25, 0.3) is 5.56 Å². The summed E-state index contributed by atoms with van der Waals surface area (Å²) in [5.41, 5.74) is -0.270. The van der Waals surface area contributed by atoms with Crippen LogP contribution in [0, 0.1) is 0 Å². The third-order valence-corrected chi connectivity index (χ3v) is 7.04. The molecule has 0 aliphatic carbocycles. The van der Waals surface area contributed by atoms with Crippen molar-refractivity contribution < 1.29 is 26.3 Å². The van der Waals surface area contributed by atoms with E-state index in [1.165, 1.54) is 7.11 Å². The van der Waals surface area contributed by atoms with E-state index in [2.05, 4.69) is 9.97 Å². The van der Waals surface area contributed by atoms with E-state index in [0.29, 0.717) is 28.9 Å². The Morgan fingerprint density at radius 1 is 1.12 bits per heavy atom. The molecule has 11 heteroatoms. The SMILES string of the molecule is COc1ccc(-c2nc3c(c(=O)[nH]2)CN(S(=O)(=O)c2cccc(C(F)(F)F)c2)CC3)cc1. The van der Waals surface area contributed by atoms with Crippen LogP contribution < -0.4 is 10.3 Å². The van der Waals surface area contributed by atoms with Crippen molar-refractivity contribution in [3.8, 4) is 17.1 Å². The summed E-state index contributed by atoms with van der Waals surface area (Å²) in [7, 11) is -2.70. The van der Waals surface area contributed by atoms with Gasteiger partial charge in [0.1, 0.15) is 11.6 Å². The lowest BCUT2D eigenvalue weighted by molar-refractivity contribution is -0.137. The maximum absolute atomic E-state index is 13.0. The summed E-state index contributed by atoms with van der Waals surface area (Å²) in [4.78, 5) is 19.3. The molecule has 168 valence electrons. The number of nitrogens with one attached hydrogen (secondary N) is 1. The number of H-pyrrole nitrogens is 1.